The highest BCUT2D eigenvalue weighted by atomic mass is 16.5. The van der Waals surface area contributed by atoms with Gasteiger partial charge in [0.1, 0.15) is 17.8 Å². The van der Waals surface area contributed by atoms with Crippen molar-refractivity contribution in [1.82, 2.24) is 19.7 Å². The molecule has 0 spiro atoms. The van der Waals surface area contributed by atoms with Gasteiger partial charge in [-0.25, -0.2) is 4.98 Å². The lowest BCUT2D eigenvalue weighted by molar-refractivity contribution is 0.322. The van der Waals surface area contributed by atoms with E-state index in [1.165, 1.54) is 5.56 Å². The summed E-state index contributed by atoms with van der Waals surface area (Å²) in [6, 6.07) is 18.2. The lowest BCUT2D eigenvalue weighted by atomic mass is 10.2. The van der Waals surface area contributed by atoms with Crippen molar-refractivity contribution in [2.45, 2.75) is 19.8 Å². The average Bonchev–Trinajstić information content (AvgIpc) is 3.38. The summed E-state index contributed by atoms with van der Waals surface area (Å²) in [5, 5.41) is 3.91. The second-order valence-electron chi connectivity index (χ2n) is 6.12. The second-order valence-corrected chi connectivity index (χ2v) is 6.12. The molecule has 0 aliphatic carbocycles. The van der Waals surface area contributed by atoms with Gasteiger partial charge in [-0.15, -0.1) is 0 Å². The Kier molecular flexibility index (Phi) is 4.96. The summed E-state index contributed by atoms with van der Waals surface area (Å²) >= 11 is 0. The van der Waals surface area contributed by atoms with Gasteiger partial charge in [-0.2, -0.15) is 4.98 Å². The van der Waals surface area contributed by atoms with E-state index in [4.69, 9.17) is 9.26 Å². The lowest BCUT2D eigenvalue weighted by Gasteiger charge is -2.08. The van der Waals surface area contributed by atoms with Crippen molar-refractivity contribution >= 4 is 0 Å². The van der Waals surface area contributed by atoms with E-state index in [1.54, 1.807) is 6.33 Å². The molecule has 0 saturated heterocycles. The maximum atomic E-state index is 5.91. The first kappa shape index (κ1) is 17.0. The summed E-state index contributed by atoms with van der Waals surface area (Å²) in [4.78, 5) is 8.68. The highest BCUT2D eigenvalue weighted by molar-refractivity contribution is 5.48. The van der Waals surface area contributed by atoms with Crippen LogP contribution in [0, 0.1) is 0 Å². The van der Waals surface area contributed by atoms with Gasteiger partial charge in [-0.1, -0.05) is 48.5 Å². The molecule has 0 bridgehead atoms. The third kappa shape index (κ3) is 4.06. The first-order valence-corrected chi connectivity index (χ1v) is 8.96. The Balaban J connectivity index is 1.44. The highest BCUT2D eigenvalue weighted by Gasteiger charge is 2.11. The van der Waals surface area contributed by atoms with E-state index in [2.05, 4.69) is 27.3 Å². The lowest BCUT2D eigenvalue weighted by Crippen LogP contribution is -2.01. The Morgan fingerprint density at radius 3 is 2.78 bits per heavy atom. The molecule has 6 nitrogen and oxygen atoms in total. The molecule has 0 unspecified atom stereocenters. The van der Waals surface area contributed by atoms with Crippen LogP contribution in [0.5, 0.6) is 5.75 Å². The fraction of sp³-hybridized carbons (Fsp3) is 0.190. The van der Waals surface area contributed by atoms with E-state index >= 15 is 0 Å². The van der Waals surface area contributed by atoms with Crippen LogP contribution in [0.15, 0.2) is 71.6 Å². The third-order valence-electron chi connectivity index (χ3n) is 4.20. The quantitative estimate of drug-likeness (QED) is 0.496. The van der Waals surface area contributed by atoms with Crippen molar-refractivity contribution in [2.75, 3.05) is 6.61 Å². The molecule has 27 heavy (non-hydrogen) atoms. The van der Waals surface area contributed by atoms with Crippen molar-refractivity contribution in [3.05, 3.63) is 78.5 Å². The summed E-state index contributed by atoms with van der Waals surface area (Å²) in [5.41, 5.74) is 2.87. The minimum absolute atomic E-state index is 0.431. The van der Waals surface area contributed by atoms with Gasteiger partial charge in [0.05, 0.1) is 12.3 Å². The number of ether oxygens (including phenoxy) is 1. The minimum atomic E-state index is 0.431. The number of imidazole rings is 1. The third-order valence-corrected chi connectivity index (χ3v) is 4.20. The molecule has 2 heterocycles. The number of benzene rings is 2. The Bertz CT molecular complexity index is 1010. The van der Waals surface area contributed by atoms with Crippen molar-refractivity contribution in [2.24, 2.45) is 0 Å². The van der Waals surface area contributed by atoms with Gasteiger partial charge >= 0.3 is 0 Å². The maximum absolute atomic E-state index is 5.91. The minimum Gasteiger partial charge on any atom is -0.493 e. The Morgan fingerprint density at radius 1 is 1.07 bits per heavy atom. The van der Waals surface area contributed by atoms with Gasteiger partial charge in [-0.05, 0) is 17.7 Å². The molecular formula is C21H20N4O2. The first-order valence-electron chi connectivity index (χ1n) is 8.96. The van der Waals surface area contributed by atoms with Crippen LogP contribution in [0.3, 0.4) is 0 Å². The zero-order chi connectivity index (χ0) is 18.5. The van der Waals surface area contributed by atoms with Crippen LogP contribution < -0.4 is 4.74 Å². The van der Waals surface area contributed by atoms with E-state index < -0.39 is 0 Å². The van der Waals surface area contributed by atoms with Crippen molar-refractivity contribution in [3.8, 4) is 23.0 Å². The van der Waals surface area contributed by atoms with Crippen LogP contribution in [0.25, 0.3) is 17.3 Å². The number of rotatable bonds is 7. The molecule has 2 aromatic heterocycles. The first-order chi connectivity index (χ1) is 13.3. The maximum Gasteiger partial charge on any atom is 0.278 e. The van der Waals surface area contributed by atoms with Gasteiger partial charge in [0.25, 0.3) is 5.89 Å². The normalized spacial score (nSPS) is 10.9. The summed E-state index contributed by atoms with van der Waals surface area (Å²) in [5.74, 6) is 1.93. The molecule has 4 rings (SSSR count). The van der Waals surface area contributed by atoms with Crippen molar-refractivity contribution < 1.29 is 9.26 Å². The standard InChI is InChI=1S/C21H20N4O2/c1-2-20-23-21(27-24-20)19-14-25(15-22-19)17-9-6-10-18(13-17)26-12-11-16-7-4-3-5-8-16/h3-10,13-15H,2,11-12H2,1H3. The summed E-state index contributed by atoms with van der Waals surface area (Å²) in [6.07, 6.45) is 5.20. The predicted molar refractivity (Wildman–Crippen MR) is 102 cm³/mol. The van der Waals surface area contributed by atoms with Gasteiger partial charge < -0.3 is 13.8 Å². The molecule has 4 aromatic rings. The van der Waals surface area contributed by atoms with E-state index in [-0.39, 0.29) is 0 Å². The van der Waals surface area contributed by atoms with Crippen molar-refractivity contribution in [3.63, 3.8) is 0 Å². The Hall–Kier alpha value is -3.41. The largest absolute Gasteiger partial charge is 0.493 e. The van der Waals surface area contributed by atoms with E-state index in [0.29, 0.717) is 24.0 Å². The zero-order valence-corrected chi connectivity index (χ0v) is 15.1. The molecular weight excluding hydrogens is 340 g/mol. The molecule has 0 atom stereocenters. The number of hydrogen-bond donors (Lipinski definition) is 0. The van der Waals surface area contributed by atoms with Gasteiger partial charge in [-0.3, -0.25) is 0 Å². The smallest absolute Gasteiger partial charge is 0.278 e. The van der Waals surface area contributed by atoms with Gasteiger partial charge in [0.15, 0.2) is 5.82 Å². The number of aromatic nitrogens is 4. The second kappa shape index (κ2) is 7.86. The Morgan fingerprint density at radius 2 is 1.96 bits per heavy atom. The molecule has 0 N–H and O–H groups in total. The summed E-state index contributed by atoms with van der Waals surface area (Å²) in [7, 11) is 0. The van der Waals surface area contributed by atoms with E-state index in [1.807, 2.05) is 60.2 Å². The molecule has 0 radical (unpaired) electrons. The molecule has 0 saturated carbocycles. The molecule has 2 aromatic carbocycles. The monoisotopic (exact) mass is 360 g/mol. The molecule has 0 fully saturated rings. The predicted octanol–water partition coefficient (Wildman–Crippen LogP) is 4.11. The van der Waals surface area contributed by atoms with Crippen LogP contribution in [0.2, 0.25) is 0 Å². The number of aryl methyl sites for hydroxylation is 1. The molecule has 0 aliphatic heterocycles. The highest BCUT2D eigenvalue weighted by Crippen LogP contribution is 2.20. The Labute approximate surface area is 157 Å². The molecule has 136 valence electrons. The topological polar surface area (TPSA) is 66.0 Å². The zero-order valence-electron chi connectivity index (χ0n) is 15.1. The van der Waals surface area contributed by atoms with Crippen LogP contribution >= 0.6 is 0 Å². The molecule has 0 aliphatic rings. The summed E-state index contributed by atoms with van der Waals surface area (Å²) in [6.45, 7) is 2.61. The van der Waals surface area contributed by atoms with E-state index in [0.717, 1.165) is 24.3 Å². The van der Waals surface area contributed by atoms with Gasteiger partial charge in [0.2, 0.25) is 0 Å². The fourth-order valence-corrected chi connectivity index (χ4v) is 2.74. The van der Waals surface area contributed by atoms with Crippen molar-refractivity contribution in [1.29, 1.82) is 0 Å². The fourth-order valence-electron chi connectivity index (χ4n) is 2.74. The van der Waals surface area contributed by atoms with Gasteiger partial charge in [0, 0.05) is 25.1 Å². The average molecular weight is 360 g/mol. The van der Waals surface area contributed by atoms with Crippen LogP contribution in [0.1, 0.15) is 18.3 Å². The SMILES string of the molecule is CCc1noc(-c2cn(-c3cccc(OCCc4ccccc4)c3)cn2)n1. The van der Waals surface area contributed by atoms with Crippen LogP contribution in [-0.2, 0) is 12.8 Å². The number of nitrogens with zero attached hydrogens (tertiary/aromatic N) is 4. The molecule has 6 heteroatoms. The van der Waals surface area contributed by atoms with E-state index in [9.17, 15) is 0 Å². The van der Waals surface area contributed by atoms with Crippen LogP contribution in [0.4, 0.5) is 0 Å². The summed E-state index contributed by atoms with van der Waals surface area (Å²) < 4.78 is 13.1. The molecule has 0 amide bonds. The van der Waals surface area contributed by atoms with Crippen LogP contribution in [-0.4, -0.2) is 26.3 Å². The number of hydrogen-bond acceptors (Lipinski definition) is 5.